The van der Waals surface area contributed by atoms with Crippen molar-refractivity contribution in [1.82, 2.24) is 25.3 Å². The number of nitrogens with one attached hydrogen (secondary N) is 2. The lowest BCUT2D eigenvalue weighted by Gasteiger charge is -2.03. The van der Waals surface area contributed by atoms with Gasteiger partial charge in [0.1, 0.15) is 5.69 Å². The largest absolute Gasteiger partial charge is 0.476 e. The predicted molar refractivity (Wildman–Crippen MR) is 70.1 cm³/mol. The quantitative estimate of drug-likeness (QED) is 0.639. The Morgan fingerprint density at radius 2 is 2.19 bits per heavy atom. The number of carboxylic acids is 1. The van der Waals surface area contributed by atoms with E-state index < -0.39 is 5.97 Å². The molecule has 2 aromatic heterocycles. The number of hydrogen-bond acceptors (Lipinski definition) is 5. The Hall–Kier alpha value is -2.97. The first-order chi connectivity index (χ1) is 9.97. The van der Waals surface area contributed by atoms with E-state index in [4.69, 9.17) is 5.11 Å². The van der Waals surface area contributed by atoms with Gasteiger partial charge in [-0.3, -0.25) is 9.59 Å². The van der Waals surface area contributed by atoms with E-state index in [1.165, 1.54) is 30.1 Å². The minimum absolute atomic E-state index is 0.130. The standard InChI is InChI=1S/C12H13N5O4/c1-7(18)8-4-9(14-5-8)11(19)13-2-3-17-6-10(12(20)21)15-16-17/h4-6,14H,2-3H2,1H3,(H,13,19)(H,20,21). The molecule has 0 radical (unpaired) electrons. The van der Waals surface area contributed by atoms with Crippen LogP contribution in [0.15, 0.2) is 18.5 Å². The molecule has 0 aliphatic heterocycles. The lowest BCUT2D eigenvalue weighted by atomic mass is 10.2. The zero-order valence-corrected chi connectivity index (χ0v) is 11.2. The van der Waals surface area contributed by atoms with Gasteiger partial charge in [0.2, 0.25) is 0 Å². The van der Waals surface area contributed by atoms with Gasteiger partial charge in [0.05, 0.1) is 12.7 Å². The molecule has 0 aromatic carbocycles. The Labute approximate surface area is 119 Å². The first kappa shape index (κ1) is 14.4. The summed E-state index contributed by atoms with van der Waals surface area (Å²) < 4.78 is 1.32. The van der Waals surface area contributed by atoms with Crippen LogP contribution in [0.3, 0.4) is 0 Å². The summed E-state index contributed by atoms with van der Waals surface area (Å²) >= 11 is 0. The van der Waals surface area contributed by atoms with Crippen LogP contribution in [0.25, 0.3) is 0 Å². The Morgan fingerprint density at radius 1 is 1.43 bits per heavy atom. The summed E-state index contributed by atoms with van der Waals surface area (Å²) in [6.07, 6.45) is 2.74. The van der Waals surface area contributed by atoms with Crippen molar-refractivity contribution in [3.63, 3.8) is 0 Å². The zero-order valence-electron chi connectivity index (χ0n) is 11.2. The van der Waals surface area contributed by atoms with Gasteiger partial charge in [-0.1, -0.05) is 5.21 Å². The molecular weight excluding hydrogens is 278 g/mol. The fraction of sp³-hybridized carbons (Fsp3) is 0.250. The number of aromatic nitrogens is 4. The van der Waals surface area contributed by atoms with Gasteiger partial charge in [0, 0.05) is 18.3 Å². The van der Waals surface area contributed by atoms with E-state index in [9.17, 15) is 14.4 Å². The lowest BCUT2D eigenvalue weighted by Crippen LogP contribution is -2.27. The third-order valence-electron chi connectivity index (χ3n) is 2.72. The Bertz CT molecular complexity index is 687. The second kappa shape index (κ2) is 5.99. The Balaban J connectivity index is 1.85. The fourth-order valence-corrected chi connectivity index (χ4v) is 1.61. The van der Waals surface area contributed by atoms with Gasteiger partial charge in [-0.05, 0) is 13.0 Å². The van der Waals surface area contributed by atoms with Gasteiger partial charge < -0.3 is 15.4 Å². The average molecular weight is 291 g/mol. The maximum atomic E-state index is 11.8. The summed E-state index contributed by atoms with van der Waals surface area (Å²) in [7, 11) is 0. The summed E-state index contributed by atoms with van der Waals surface area (Å²) in [6.45, 7) is 1.94. The molecule has 0 unspecified atom stereocenters. The summed E-state index contributed by atoms with van der Waals surface area (Å²) in [5.41, 5.74) is 0.560. The number of carboxylic acid groups (broad SMARTS) is 1. The van der Waals surface area contributed by atoms with Crippen LogP contribution in [0.4, 0.5) is 0 Å². The topological polar surface area (TPSA) is 130 Å². The van der Waals surface area contributed by atoms with Crippen LogP contribution in [0.1, 0.15) is 38.3 Å². The molecule has 2 rings (SSSR count). The van der Waals surface area contributed by atoms with Crippen LogP contribution in [0.2, 0.25) is 0 Å². The number of H-pyrrole nitrogens is 1. The molecule has 9 nitrogen and oxygen atoms in total. The van der Waals surface area contributed by atoms with Crippen LogP contribution in [0, 0.1) is 0 Å². The second-order valence-electron chi connectivity index (χ2n) is 4.29. The second-order valence-corrected chi connectivity index (χ2v) is 4.29. The molecule has 0 spiro atoms. The number of aromatic amines is 1. The molecule has 2 heterocycles. The fourth-order valence-electron chi connectivity index (χ4n) is 1.61. The van der Waals surface area contributed by atoms with Crippen LogP contribution in [-0.4, -0.2) is 49.3 Å². The van der Waals surface area contributed by atoms with Crippen molar-refractivity contribution in [2.45, 2.75) is 13.5 Å². The third kappa shape index (κ3) is 3.53. The van der Waals surface area contributed by atoms with E-state index >= 15 is 0 Å². The van der Waals surface area contributed by atoms with Crippen LogP contribution >= 0.6 is 0 Å². The number of carbonyl (C=O) groups is 3. The van der Waals surface area contributed by atoms with E-state index in [-0.39, 0.29) is 36.2 Å². The highest BCUT2D eigenvalue weighted by molar-refractivity contribution is 5.99. The Morgan fingerprint density at radius 3 is 2.76 bits per heavy atom. The number of nitrogens with zero attached hydrogens (tertiary/aromatic N) is 3. The van der Waals surface area contributed by atoms with Crippen molar-refractivity contribution in [3.8, 4) is 0 Å². The molecule has 9 heteroatoms. The van der Waals surface area contributed by atoms with Crippen molar-refractivity contribution < 1.29 is 19.5 Å². The molecule has 0 saturated carbocycles. The highest BCUT2D eigenvalue weighted by Crippen LogP contribution is 2.04. The third-order valence-corrected chi connectivity index (χ3v) is 2.72. The molecule has 21 heavy (non-hydrogen) atoms. The minimum Gasteiger partial charge on any atom is -0.476 e. The molecule has 0 atom stereocenters. The van der Waals surface area contributed by atoms with Crippen molar-refractivity contribution in [2.24, 2.45) is 0 Å². The van der Waals surface area contributed by atoms with Crippen molar-refractivity contribution in [1.29, 1.82) is 0 Å². The number of rotatable bonds is 6. The zero-order chi connectivity index (χ0) is 15.4. The highest BCUT2D eigenvalue weighted by Gasteiger charge is 2.11. The van der Waals surface area contributed by atoms with Crippen LogP contribution in [-0.2, 0) is 6.54 Å². The van der Waals surface area contributed by atoms with Crippen molar-refractivity contribution in [2.75, 3.05) is 6.54 Å². The molecule has 1 amide bonds. The number of carbonyl (C=O) groups excluding carboxylic acids is 2. The predicted octanol–water partition coefficient (Wildman–Crippen LogP) is -0.0630. The van der Waals surface area contributed by atoms with Gasteiger partial charge >= 0.3 is 5.97 Å². The summed E-state index contributed by atoms with van der Waals surface area (Å²) in [6, 6.07) is 1.47. The van der Waals surface area contributed by atoms with E-state index in [0.717, 1.165) is 0 Å². The maximum Gasteiger partial charge on any atom is 0.358 e. The maximum absolute atomic E-state index is 11.8. The first-order valence-electron chi connectivity index (χ1n) is 6.08. The highest BCUT2D eigenvalue weighted by atomic mass is 16.4. The van der Waals surface area contributed by atoms with Crippen molar-refractivity contribution >= 4 is 17.7 Å². The molecular formula is C12H13N5O4. The summed E-state index contributed by atoms with van der Waals surface area (Å²) in [4.78, 5) is 36.2. The number of amides is 1. The minimum atomic E-state index is -1.16. The van der Waals surface area contributed by atoms with Crippen LogP contribution in [0.5, 0.6) is 0 Å². The van der Waals surface area contributed by atoms with E-state index in [1.54, 1.807) is 0 Å². The van der Waals surface area contributed by atoms with Gasteiger partial charge in [0.25, 0.3) is 5.91 Å². The van der Waals surface area contributed by atoms with Gasteiger partial charge in [-0.25, -0.2) is 9.48 Å². The van der Waals surface area contributed by atoms with Crippen LogP contribution < -0.4 is 5.32 Å². The van der Waals surface area contributed by atoms with Gasteiger partial charge in [-0.2, -0.15) is 0 Å². The molecule has 0 bridgehead atoms. The number of ketones is 1. The van der Waals surface area contributed by atoms with Gasteiger partial charge in [0.15, 0.2) is 11.5 Å². The van der Waals surface area contributed by atoms with Crippen molar-refractivity contribution in [3.05, 3.63) is 35.4 Å². The van der Waals surface area contributed by atoms with E-state index in [1.807, 2.05) is 0 Å². The number of hydrogen-bond donors (Lipinski definition) is 3. The molecule has 110 valence electrons. The SMILES string of the molecule is CC(=O)c1c[nH]c(C(=O)NCCn2cc(C(=O)O)nn2)c1. The molecule has 0 aliphatic rings. The molecule has 0 fully saturated rings. The summed E-state index contributed by atoms with van der Waals surface area (Å²) in [5.74, 6) is -1.65. The number of Topliss-reactive ketones (excluding diaryl/α,β-unsaturated/α-hetero) is 1. The number of aromatic carboxylic acids is 1. The molecule has 0 aliphatic carbocycles. The monoisotopic (exact) mass is 291 g/mol. The lowest BCUT2D eigenvalue weighted by molar-refractivity contribution is 0.0689. The summed E-state index contributed by atoms with van der Waals surface area (Å²) in [5, 5.41) is 18.4. The molecule has 3 N–H and O–H groups in total. The first-order valence-corrected chi connectivity index (χ1v) is 6.08. The molecule has 0 saturated heterocycles. The van der Waals surface area contributed by atoms with E-state index in [2.05, 4.69) is 20.6 Å². The van der Waals surface area contributed by atoms with Gasteiger partial charge in [-0.15, -0.1) is 5.10 Å². The molecule has 2 aromatic rings. The Kier molecular flexibility index (Phi) is 4.12. The van der Waals surface area contributed by atoms with E-state index in [0.29, 0.717) is 5.56 Å². The average Bonchev–Trinajstić information content (AvgIpc) is 3.07. The normalized spacial score (nSPS) is 10.3. The smallest absolute Gasteiger partial charge is 0.358 e.